The van der Waals surface area contributed by atoms with E-state index in [2.05, 4.69) is 15.4 Å². The number of methoxy groups -OCH3 is 1. The van der Waals surface area contributed by atoms with E-state index in [1.54, 1.807) is 40.0 Å². The maximum Gasteiger partial charge on any atom is 0.408 e. The van der Waals surface area contributed by atoms with Crippen LogP contribution in [0.15, 0.2) is 36.4 Å². The molecule has 3 N–H and O–H groups in total. The number of carbonyl (C=O) groups excluding carboxylic acids is 4. The monoisotopic (exact) mass is 770 g/mol. The van der Waals surface area contributed by atoms with E-state index in [9.17, 15) is 27.6 Å². The van der Waals surface area contributed by atoms with Crippen LogP contribution in [-0.4, -0.2) is 118 Å². The van der Waals surface area contributed by atoms with Crippen LogP contribution in [0, 0.1) is 5.92 Å². The number of amides is 4. The van der Waals surface area contributed by atoms with Crippen LogP contribution < -0.4 is 29.7 Å². The van der Waals surface area contributed by atoms with E-state index in [1.165, 1.54) is 4.90 Å². The topological polar surface area (TPSA) is 195 Å². The molecule has 0 bridgehead atoms. The average molecular weight is 771 g/mol. The lowest BCUT2D eigenvalue weighted by Crippen LogP contribution is -2.58. The molecule has 0 radical (unpaired) electrons. The van der Waals surface area contributed by atoms with Gasteiger partial charge in [0, 0.05) is 44.8 Å². The Balaban J connectivity index is 1.34. The van der Waals surface area contributed by atoms with Crippen molar-refractivity contribution in [2.24, 2.45) is 5.92 Å². The van der Waals surface area contributed by atoms with Gasteiger partial charge in [-0.2, -0.15) is 4.98 Å². The van der Waals surface area contributed by atoms with Crippen LogP contribution in [-0.2, 0) is 33.9 Å². The molecule has 5 atom stereocenters. The number of rotatable bonds is 8. The number of carbonyl (C=O) groups is 4. The number of nitrogens with zero attached hydrogens (tertiary/aromatic N) is 3. The van der Waals surface area contributed by atoms with E-state index < -0.39 is 74.3 Å². The van der Waals surface area contributed by atoms with Crippen LogP contribution in [0.4, 0.5) is 10.6 Å². The molecule has 3 heterocycles. The van der Waals surface area contributed by atoms with Gasteiger partial charge in [0.1, 0.15) is 40.9 Å². The number of ether oxygens (including phenoxy) is 4. The highest BCUT2D eigenvalue weighted by Crippen LogP contribution is 2.46. The minimum absolute atomic E-state index is 0.0112. The summed E-state index contributed by atoms with van der Waals surface area (Å²) in [7, 11) is 1.35. The highest BCUT2D eigenvalue weighted by molar-refractivity contribution is 7.91. The first-order valence-electron chi connectivity index (χ1n) is 18.2. The summed E-state index contributed by atoms with van der Waals surface area (Å²) >= 11 is 0. The summed E-state index contributed by atoms with van der Waals surface area (Å²) in [5, 5.41) is 6.36. The number of nitrogens with one attached hydrogen (secondary N) is 3. The number of pyridine rings is 1. The van der Waals surface area contributed by atoms with Gasteiger partial charge in [-0.1, -0.05) is 12.2 Å². The predicted molar refractivity (Wildman–Crippen MR) is 199 cm³/mol. The van der Waals surface area contributed by atoms with Gasteiger partial charge < -0.3 is 39.4 Å². The first kappa shape index (κ1) is 39.1. The Morgan fingerprint density at radius 3 is 2.56 bits per heavy atom. The number of aromatic nitrogens is 1. The summed E-state index contributed by atoms with van der Waals surface area (Å²) in [6, 6.07) is 5.06. The lowest BCUT2D eigenvalue weighted by atomic mass is 10.1. The fourth-order valence-electron chi connectivity index (χ4n) is 6.76. The standard InChI is InChI=1S/C37H50N6O10S/c1-36(2,3)53-35(47)38-28-14-16-51-15-8-7-9-23-20-37(23,34(46)41-54(48,49)26-11-12-26)40-31(44)29-19-25(21-43(29)33(28)45)52-32-27-13-10-24(50-6)17-22(27)18-30(39-32)42(4)5/h7,9-10,13,17-18,23,25-26,28-29H,8,11-12,14-16,19-21H2,1-6H3,(H,38,47)(H,40,44)(H,41,46)/t23?,25?,28-,29-,37+/m0/s1. The van der Waals surface area contributed by atoms with Crippen molar-refractivity contribution >= 4 is 50.4 Å². The minimum Gasteiger partial charge on any atom is -0.497 e. The molecule has 2 saturated carbocycles. The molecule has 2 aliphatic carbocycles. The van der Waals surface area contributed by atoms with Crippen LogP contribution in [0.5, 0.6) is 11.6 Å². The Morgan fingerprint density at radius 2 is 1.87 bits per heavy atom. The molecule has 6 rings (SSSR count). The number of anilines is 1. The highest BCUT2D eigenvalue weighted by atomic mass is 32.2. The molecule has 4 aliphatic rings. The molecule has 1 saturated heterocycles. The van der Waals surface area contributed by atoms with E-state index in [1.807, 2.05) is 43.3 Å². The second kappa shape index (κ2) is 15.2. The third kappa shape index (κ3) is 8.83. The predicted octanol–water partition coefficient (Wildman–Crippen LogP) is 2.40. The maximum atomic E-state index is 14.5. The molecule has 294 valence electrons. The third-order valence-electron chi connectivity index (χ3n) is 9.88. The zero-order valence-electron chi connectivity index (χ0n) is 31.5. The normalized spacial score (nSPS) is 26.4. The molecule has 2 aromatic rings. The smallest absolute Gasteiger partial charge is 0.408 e. The molecule has 3 fully saturated rings. The van der Waals surface area contributed by atoms with Crippen LogP contribution >= 0.6 is 0 Å². The molecule has 1 aromatic heterocycles. The quantitative estimate of drug-likeness (QED) is 0.333. The summed E-state index contributed by atoms with van der Waals surface area (Å²) < 4.78 is 51.1. The van der Waals surface area contributed by atoms with Gasteiger partial charge in [0.15, 0.2) is 0 Å². The van der Waals surface area contributed by atoms with Gasteiger partial charge in [0.25, 0.3) is 5.91 Å². The molecule has 2 unspecified atom stereocenters. The fraction of sp³-hybridized carbons (Fsp3) is 0.595. The Kier molecular flexibility index (Phi) is 11.0. The summed E-state index contributed by atoms with van der Waals surface area (Å²) in [6.45, 7) is 5.47. The Labute approximate surface area is 315 Å². The lowest BCUT2D eigenvalue weighted by Gasteiger charge is -2.30. The van der Waals surface area contributed by atoms with Crippen molar-refractivity contribution in [2.75, 3.05) is 45.9 Å². The van der Waals surface area contributed by atoms with Gasteiger partial charge in [-0.3, -0.25) is 19.1 Å². The van der Waals surface area contributed by atoms with Crippen LogP contribution in [0.1, 0.15) is 59.3 Å². The van der Waals surface area contributed by atoms with E-state index >= 15 is 0 Å². The van der Waals surface area contributed by atoms with Crippen molar-refractivity contribution in [3.8, 4) is 11.6 Å². The second-order valence-electron chi connectivity index (χ2n) is 15.5. The summed E-state index contributed by atoms with van der Waals surface area (Å²) in [6.07, 6.45) is 3.71. The molecule has 1 aromatic carbocycles. The molecule has 4 amide bonds. The van der Waals surface area contributed by atoms with Gasteiger partial charge >= 0.3 is 6.09 Å². The number of hydrogen-bond donors (Lipinski definition) is 3. The number of benzene rings is 1. The van der Waals surface area contributed by atoms with Gasteiger partial charge in [-0.25, -0.2) is 13.2 Å². The molecule has 0 spiro atoms. The minimum atomic E-state index is -3.91. The van der Waals surface area contributed by atoms with Crippen molar-refractivity contribution in [1.29, 1.82) is 0 Å². The van der Waals surface area contributed by atoms with E-state index in [0.29, 0.717) is 42.8 Å². The van der Waals surface area contributed by atoms with Gasteiger partial charge in [-0.05, 0) is 76.1 Å². The maximum absolute atomic E-state index is 14.5. The van der Waals surface area contributed by atoms with Gasteiger partial charge in [0.2, 0.25) is 27.7 Å². The SMILES string of the molecule is COc1ccc2c(OC3C[C@H]4C(=O)N[C@]5(C(=O)NS(=O)(=O)C6CC6)CC5C=CCCOCC[C@H](NC(=O)OC(C)(C)C)C(=O)N4C3)nc(N(C)C)cc2c1. The molecular formula is C37H50N6O10S. The number of sulfonamides is 1. The molecule has 54 heavy (non-hydrogen) atoms. The summed E-state index contributed by atoms with van der Waals surface area (Å²) in [4.78, 5) is 63.4. The van der Waals surface area contributed by atoms with E-state index in [4.69, 9.17) is 23.9 Å². The summed E-state index contributed by atoms with van der Waals surface area (Å²) in [5.74, 6) is -1.01. The fourth-order valence-corrected chi connectivity index (χ4v) is 8.12. The molecule has 2 aliphatic heterocycles. The van der Waals surface area contributed by atoms with Crippen LogP contribution in [0.25, 0.3) is 10.8 Å². The molecular weight excluding hydrogens is 721 g/mol. The lowest BCUT2D eigenvalue weighted by molar-refractivity contribution is -0.141. The number of hydrogen-bond acceptors (Lipinski definition) is 12. The first-order valence-corrected chi connectivity index (χ1v) is 19.8. The first-order chi connectivity index (χ1) is 25.5. The van der Waals surface area contributed by atoms with Gasteiger partial charge in [0.05, 0.1) is 25.5 Å². The van der Waals surface area contributed by atoms with E-state index in [-0.39, 0.29) is 38.3 Å². The molecule has 17 heteroatoms. The Morgan fingerprint density at radius 1 is 1.11 bits per heavy atom. The van der Waals surface area contributed by atoms with Crippen molar-refractivity contribution in [3.05, 3.63) is 36.4 Å². The largest absolute Gasteiger partial charge is 0.497 e. The van der Waals surface area contributed by atoms with Crippen LogP contribution in [0.2, 0.25) is 0 Å². The van der Waals surface area contributed by atoms with Gasteiger partial charge in [-0.15, -0.1) is 0 Å². The number of alkyl carbamates (subject to hydrolysis) is 1. The van der Waals surface area contributed by atoms with Crippen LogP contribution in [0.3, 0.4) is 0 Å². The highest BCUT2D eigenvalue weighted by Gasteiger charge is 2.62. The Hall–Kier alpha value is -4.64. The van der Waals surface area contributed by atoms with Crippen molar-refractivity contribution < 1.29 is 46.5 Å². The third-order valence-corrected chi connectivity index (χ3v) is 11.7. The molecule has 16 nitrogen and oxygen atoms in total. The van der Waals surface area contributed by atoms with E-state index in [0.717, 1.165) is 5.39 Å². The average Bonchev–Trinajstić information content (AvgIpc) is 4.02. The number of fused-ring (bicyclic) bond motifs is 3. The second-order valence-corrected chi connectivity index (χ2v) is 17.5. The van der Waals surface area contributed by atoms with Crippen molar-refractivity contribution in [1.82, 2.24) is 25.2 Å². The zero-order chi connectivity index (χ0) is 39.0. The summed E-state index contributed by atoms with van der Waals surface area (Å²) in [5.41, 5.74) is -2.39. The van der Waals surface area contributed by atoms with Crippen molar-refractivity contribution in [3.63, 3.8) is 0 Å². The van der Waals surface area contributed by atoms with Crippen molar-refractivity contribution in [2.45, 2.75) is 93.9 Å². The zero-order valence-corrected chi connectivity index (χ0v) is 32.4. The Bertz CT molecular complexity index is 1930.